The largest absolute Gasteiger partial charge is 0.376 e. The number of ether oxygens (including phenoxy) is 1. The summed E-state index contributed by atoms with van der Waals surface area (Å²) in [5, 5.41) is 4.07. The Labute approximate surface area is 91.8 Å². The van der Waals surface area contributed by atoms with Crippen LogP contribution in [0.2, 0.25) is 0 Å². The van der Waals surface area contributed by atoms with Crippen LogP contribution in [-0.4, -0.2) is 42.4 Å². The molecule has 0 saturated carbocycles. The summed E-state index contributed by atoms with van der Waals surface area (Å²) in [7, 11) is 2.04. The smallest absolute Gasteiger partial charge is 0.169 e. The molecule has 0 spiro atoms. The van der Waals surface area contributed by atoms with Gasteiger partial charge in [-0.2, -0.15) is 0 Å². The fourth-order valence-electron chi connectivity index (χ4n) is 1.74. The number of nitrogens with zero attached hydrogens (tertiary/aromatic N) is 1. The van der Waals surface area contributed by atoms with Crippen molar-refractivity contribution >= 4 is 17.3 Å². The van der Waals surface area contributed by atoms with Gasteiger partial charge in [0.2, 0.25) is 0 Å². The summed E-state index contributed by atoms with van der Waals surface area (Å²) < 4.78 is 5.51. The minimum atomic E-state index is 0.293. The average Bonchev–Trinajstić information content (AvgIpc) is 2.59. The fraction of sp³-hybridized carbons (Fsp3) is 0.900. The van der Waals surface area contributed by atoms with Crippen LogP contribution in [0.1, 0.15) is 26.7 Å². The Morgan fingerprint density at radius 3 is 2.86 bits per heavy atom. The second-order valence-electron chi connectivity index (χ2n) is 3.77. The normalized spacial score (nSPS) is 26.2. The molecule has 0 bridgehead atoms. The molecule has 0 aromatic heterocycles. The number of hydrogen-bond donors (Lipinski definition) is 1. The Bertz CT molecular complexity index is 199. The van der Waals surface area contributed by atoms with Gasteiger partial charge in [-0.25, -0.2) is 0 Å². The third-order valence-corrected chi connectivity index (χ3v) is 3.11. The number of rotatable bonds is 3. The molecule has 1 fully saturated rings. The molecule has 0 radical (unpaired) electrons. The molecule has 1 heterocycles. The topological polar surface area (TPSA) is 24.5 Å². The first-order chi connectivity index (χ1) is 6.66. The van der Waals surface area contributed by atoms with E-state index in [4.69, 9.17) is 17.0 Å². The van der Waals surface area contributed by atoms with Gasteiger partial charge < -0.3 is 15.0 Å². The van der Waals surface area contributed by atoms with Crippen molar-refractivity contribution in [1.82, 2.24) is 10.2 Å². The van der Waals surface area contributed by atoms with Crippen molar-refractivity contribution in [3.63, 3.8) is 0 Å². The Hall–Kier alpha value is -0.350. The number of nitrogens with one attached hydrogen (secondary N) is 1. The van der Waals surface area contributed by atoms with Crippen molar-refractivity contribution in [3.8, 4) is 0 Å². The van der Waals surface area contributed by atoms with Gasteiger partial charge in [-0.1, -0.05) is 6.92 Å². The highest BCUT2D eigenvalue weighted by atomic mass is 32.1. The average molecular weight is 216 g/mol. The van der Waals surface area contributed by atoms with Crippen LogP contribution in [0.25, 0.3) is 0 Å². The van der Waals surface area contributed by atoms with Crippen LogP contribution < -0.4 is 5.32 Å². The number of thiocarbonyl (C=S) groups is 1. The van der Waals surface area contributed by atoms with Crippen LogP contribution in [-0.2, 0) is 4.74 Å². The Balaban J connectivity index is 2.39. The third kappa shape index (κ3) is 2.82. The molecule has 3 nitrogen and oxygen atoms in total. The van der Waals surface area contributed by atoms with E-state index in [1.54, 1.807) is 0 Å². The summed E-state index contributed by atoms with van der Waals surface area (Å²) in [5.41, 5.74) is 0. The predicted octanol–water partition coefficient (Wildman–Crippen LogP) is 1.38. The molecular weight excluding hydrogens is 196 g/mol. The first-order valence-corrected chi connectivity index (χ1v) is 5.70. The number of likely N-dealkylation sites (N-methyl/N-ethyl adjacent to an activating group) is 1. The summed E-state index contributed by atoms with van der Waals surface area (Å²) in [6, 6.07) is 0.437. The van der Waals surface area contributed by atoms with Gasteiger partial charge in [0.05, 0.1) is 12.1 Å². The van der Waals surface area contributed by atoms with Crippen LogP contribution in [0.15, 0.2) is 0 Å². The minimum Gasteiger partial charge on any atom is -0.376 e. The van der Waals surface area contributed by atoms with E-state index in [1.807, 2.05) is 7.05 Å². The van der Waals surface area contributed by atoms with Gasteiger partial charge in [-0.3, -0.25) is 0 Å². The number of hydrogen-bond acceptors (Lipinski definition) is 2. The zero-order valence-electron chi connectivity index (χ0n) is 9.25. The quantitative estimate of drug-likeness (QED) is 0.720. The molecule has 2 unspecified atom stereocenters. The summed E-state index contributed by atoms with van der Waals surface area (Å²) >= 11 is 5.29. The van der Waals surface area contributed by atoms with E-state index in [0.717, 1.165) is 31.1 Å². The highest BCUT2D eigenvalue weighted by Crippen LogP contribution is 2.18. The van der Waals surface area contributed by atoms with E-state index in [-0.39, 0.29) is 0 Å². The maximum absolute atomic E-state index is 5.51. The van der Waals surface area contributed by atoms with Crippen LogP contribution in [0.5, 0.6) is 0 Å². The highest BCUT2D eigenvalue weighted by Gasteiger charge is 2.28. The molecule has 0 aromatic carbocycles. The first-order valence-electron chi connectivity index (χ1n) is 5.29. The van der Waals surface area contributed by atoms with Gasteiger partial charge in [-0.05, 0) is 32.0 Å². The zero-order valence-corrected chi connectivity index (χ0v) is 10.1. The standard InChI is InChI=1S/C10H20N2OS/c1-4-6-11-10(14)12(3)9-5-7-13-8(9)2/h8-9H,4-7H2,1-3H3,(H,11,14). The summed E-state index contributed by atoms with van der Waals surface area (Å²) in [4.78, 5) is 2.13. The maximum atomic E-state index is 5.51. The van der Waals surface area contributed by atoms with E-state index >= 15 is 0 Å². The second-order valence-corrected chi connectivity index (χ2v) is 4.16. The van der Waals surface area contributed by atoms with E-state index in [2.05, 4.69) is 24.1 Å². The van der Waals surface area contributed by atoms with Gasteiger partial charge in [0, 0.05) is 20.2 Å². The summed E-state index contributed by atoms with van der Waals surface area (Å²) in [6.45, 7) is 6.05. The predicted molar refractivity (Wildman–Crippen MR) is 62.5 cm³/mol. The molecule has 0 aromatic rings. The molecule has 1 aliphatic rings. The molecule has 82 valence electrons. The summed E-state index contributed by atoms with van der Waals surface area (Å²) in [5.74, 6) is 0. The molecule has 0 amide bonds. The Kier molecular flexibility index (Phi) is 4.62. The van der Waals surface area contributed by atoms with E-state index in [9.17, 15) is 0 Å². The monoisotopic (exact) mass is 216 g/mol. The van der Waals surface area contributed by atoms with Crippen molar-refractivity contribution in [2.24, 2.45) is 0 Å². The zero-order chi connectivity index (χ0) is 10.6. The minimum absolute atomic E-state index is 0.293. The van der Waals surface area contributed by atoms with Crippen LogP contribution in [0.3, 0.4) is 0 Å². The lowest BCUT2D eigenvalue weighted by Crippen LogP contribution is -2.46. The highest BCUT2D eigenvalue weighted by molar-refractivity contribution is 7.80. The SMILES string of the molecule is CCCNC(=S)N(C)C1CCOC1C. The van der Waals surface area contributed by atoms with Crippen molar-refractivity contribution in [2.75, 3.05) is 20.2 Å². The molecule has 1 saturated heterocycles. The van der Waals surface area contributed by atoms with Crippen molar-refractivity contribution in [3.05, 3.63) is 0 Å². The van der Waals surface area contributed by atoms with Gasteiger partial charge in [0.25, 0.3) is 0 Å². The van der Waals surface area contributed by atoms with E-state index in [0.29, 0.717) is 12.1 Å². The summed E-state index contributed by atoms with van der Waals surface area (Å²) in [6.07, 6.45) is 2.47. The molecule has 2 atom stereocenters. The van der Waals surface area contributed by atoms with Crippen LogP contribution in [0.4, 0.5) is 0 Å². The first kappa shape index (κ1) is 11.7. The van der Waals surface area contributed by atoms with Gasteiger partial charge in [0.15, 0.2) is 5.11 Å². The lowest BCUT2D eigenvalue weighted by molar-refractivity contribution is 0.0997. The Morgan fingerprint density at radius 2 is 2.36 bits per heavy atom. The van der Waals surface area contributed by atoms with Gasteiger partial charge in [0.1, 0.15) is 0 Å². The molecule has 1 N–H and O–H groups in total. The van der Waals surface area contributed by atoms with Crippen molar-refractivity contribution in [1.29, 1.82) is 0 Å². The van der Waals surface area contributed by atoms with Gasteiger partial charge in [-0.15, -0.1) is 0 Å². The molecule has 1 aliphatic heterocycles. The molecule has 1 rings (SSSR count). The lowest BCUT2D eigenvalue weighted by atomic mass is 10.1. The van der Waals surface area contributed by atoms with E-state index in [1.165, 1.54) is 0 Å². The Morgan fingerprint density at radius 1 is 1.64 bits per heavy atom. The molecule has 14 heavy (non-hydrogen) atoms. The van der Waals surface area contributed by atoms with E-state index < -0.39 is 0 Å². The molecular formula is C10H20N2OS. The van der Waals surface area contributed by atoms with Crippen molar-refractivity contribution < 1.29 is 4.74 Å². The lowest BCUT2D eigenvalue weighted by Gasteiger charge is -2.29. The third-order valence-electron chi connectivity index (χ3n) is 2.68. The molecule has 0 aliphatic carbocycles. The van der Waals surface area contributed by atoms with Crippen molar-refractivity contribution in [2.45, 2.75) is 38.8 Å². The maximum Gasteiger partial charge on any atom is 0.169 e. The second kappa shape index (κ2) is 5.51. The molecule has 4 heteroatoms. The van der Waals surface area contributed by atoms with Gasteiger partial charge >= 0.3 is 0 Å². The fourth-order valence-corrected chi connectivity index (χ4v) is 1.97. The van der Waals surface area contributed by atoms with Crippen LogP contribution >= 0.6 is 12.2 Å². The van der Waals surface area contributed by atoms with Crippen LogP contribution in [0, 0.1) is 0 Å².